The smallest absolute Gasteiger partial charge is 0.267 e. The summed E-state index contributed by atoms with van der Waals surface area (Å²) < 4.78 is 3.59. The zero-order chi connectivity index (χ0) is 11.7. The average Bonchev–Trinajstić information content (AvgIpc) is 2.54. The van der Waals surface area contributed by atoms with Crippen molar-refractivity contribution in [2.45, 2.75) is 26.4 Å². The second-order valence-corrected chi connectivity index (χ2v) is 3.99. The summed E-state index contributed by atoms with van der Waals surface area (Å²) in [4.78, 5) is 16.4. The van der Waals surface area contributed by atoms with Gasteiger partial charge in [0.15, 0.2) is 5.65 Å². The maximum atomic E-state index is 12.1. The van der Waals surface area contributed by atoms with Crippen LogP contribution in [0.3, 0.4) is 0 Å². The Morgan fingerprint density at radius 3 is 2.94 bits per heavy atom. The quantitative estimate of drug-likeness (QED) is 0.737. The Morgan fingerprint density at radius 1 is 1.56 bits per heavy atom. The van der Waals surface area contributed by atoms with Crippen molar-refractivity contribution >= 4 is 11.0 Å². The fourth-order valence-corrected chi connectivity index (χ4v) is 1.91. The lowest BCUT2D eigenvalue weighted by atomic mass is 10.3. The van der Waals surface area contributed by atoms with Gasteiger partial charge < -0.3 is 0 Å². The van der Waals surface area contributed by atoms with Crippen molar-refractivity contribution in [1.29, 1.82) is 0 Å². The molecule has 0 aromatic carbocycles. The van der Waals surface area contributed by atoms with E-state index >= 15 is 0 Å². The molecule has 2 aromatic rings. The van der Waals surface area contributed by atoms with Crippen LogP contribution in [0.15, 0.2) is 35.8 Å². The van der Waals surface area contributed by atoms with E-state index in [1.807, 2.05) is 24.6 Å². The second-order valence-electron chi connectivity index (χ2n) is 3.99. The Morgan fingerprint density at radius 2 is 2.31 bits per heavy atom. The fraction of sp³-hybridized carbons (Fsp3) is 0.333. The average molecular weight is 217 g/mol. The van der Waals surface area contributed by atoms with Gasteiger partial charge in [-0.15, -0.1) is 6.58 Å². The van der Waals surface area contributed by atoms with Gasteiger partial charge in [0.2, 0.25) is 0 Å². The highest BCUT2D eigenvalue weighted by atomic mass is 16.1. The number of pyridine rings is 1. The first-order valence-electron chi connectivity index (χ1n) is 5.33. The van der Waals surface area contributed by atoms with Crippen LogP contribution in [0.5, 0.6) is 0 Å². The van der Waals surface area contributed by atoms with Crippen LogP contribution < -0.4 is 5.56 Å². The predicted octanol–water partition coefficient (Wildman–Crippen LogP) is 1.96. The molecule has 2 heterocycles. The molecule has 0 spiro atoms. The van der Waals surface area contributed by atoms with E-state index in [4.69, 9.17) is 0 Å². The van der Waals surface area contributed by atoms with Gasteiger partial charge >= 0.3 is 0 Å². The molecule has 0 unspecified atom stereocenters. The van der Waals surface area contributed by atoms with Crippen molar-refractivity contribution in [3.05, 3.63) is 41.3 Å². The predicted molar refractivity (Wildman–Crippen MR) is 64.6 cm³/mol. The molecule has 4 nitrogen and oxygen atoms in total. The monoisotopic (exact) mass is 217 g/mol. The van der Waals surface area contributed by atoms with Gasteiger partial charge in [0.05, 0.1) is 11.9 Å². The van der Waals surface area contributed by atoms with E-state index in [1.165, 1.54) is 0 Å². The van der Waals surface area contributed by atoms with Gasteiger partial charge in [-0.1, -0.05) is 6.08 Å². The second kappa shape index (κ2) is 3.96. The van der Waals surface area contributed by atoms with Crippen LogP contribution in [-0.4, -0.2) is 14.3 Å². The lowest BCUT2D eigenvalue weighted by Crippen LogP contribution is -2.23. The van der Waals surface area contributed by atoms with Gasteiger partial charge in [-0.25, -0.2) is 9.67 Å². The van der Waals surface area contributed by atoms with Crippen LogP contribution in [0.25, 0.3) is 11.0 Å². The summed E-state index contributed by atoms with van der Waals surface area (Å²) in [5.41, 5.74) is 0.737. The molecule has 0 aliphatic heterocycles. The third-order valence-electron chi connectivity index (χ3n) is 2.52. The van der Waals surface area contributed by atoms with Gasteiger partial charge in [0.25, 0.3) is 5.56 Å². The minimum Gasteiger partial charge on any atom is -0.267 e. The molecule has 0 atom stereocenters. The van der Waals surface area contributed by atoms with Crippen molar-refractivity contribution in [2.75, 3.05) is 0 Å². The molecule has 0 radical (unpaired) electrons. The molecule has 16 heavy (non-hydrogen) atoms. The third kappa shape index (κ3) is 1.46. The highest BCUT2D eigenvalue weighted by Gasteiger charge is 2.14. The first-order valence-corrected chi connectivity index (χ1v) is 5.33. The summed E-state index contributed by atoms with van der Waals surface area (Å²) >= 11 is 0. The highest BCUT2D eigenvalue weighted by Crippen LogP contribution is 2.13. The van der Waals surface area contributed by atoms with E-state index in [9.17, 15) is 4.79 Å². The molecule has 84 valence electrons. The van der Waals surface area contributed by atoms with Crippen LogP contribution in [0, 0.1) is 0 Å². The van der Waals surface area contributed by atoms with Crippen LogP contribution >= 0.6 is 0 Å². The van der Waals surface area contributed by atoms with Crippen molar-refractivity contribution in [3.63, 3.8) is 0 Å². The number of allylic oxidation sites excluding steroid dienone is 1. The normalized spacial score (nSPS) is 11.2. The molecule has 2 aromatic heterocycles. The van der Waals surface area contributed by atoms with Crippen molar-refractivity contribution in [3.8, 4) is 0 Å². The Kier molecular flexibility index (Phi) is 2.64. The summed E-state index contributed by atoms with van der Waals surface area (Å²) in [6.45, 7) is 8.25. The van der Waals surface area contributed by atoms with Gasteiger partial charge in [-0.05, 0) is 26.0 Å². The van der Waals surface area contributed by atoms with Crippen LogP contribution in [0.1, 0.15) is 19.9 Å². The molecule has 0 fully saturated rings. The summed E-state index contributed by atoms with van der Waals surface area (Å²) in [6, 6.07) is 3.79. The number of fused-ring (bicyclic) bond motifs is 1. The molecule has 0 aliphatic carbocycles. The molecule has 0 saturated heterocycles. The Hall–Kier alpha value is -1.84. The lowest BCUT2D eigenvalue weighted by molar-refractivity contribution is 0.436. The number of hydrogen-bond acceptors (Lipinski definition) is 2. The minimum atomic E-state index is -0.00306. The van der Waals surface area contributed by atoms with Crippen molar-refractivity contribution in [2.24, 2.45) is 0 Å². The Bertz CT molecular complexity index is 577. The van der Waals surface area contributed by atoms with Gasteiger partial charge in [0, 0.05) is 12.2 Å². The SMILES string of the molecule is C=CCn1c(=O)c2cccnc2n1C(C)C. The molecule has 4 heteroatoms. The highest BCUT2D eigenvalue weighted by molar-refractivity contribution is 5.74. The van der Waals surface area contributed by atoms with Crippen LogP contribution in [0.4, 0.5) is 0 Å². The van der Waals surface area contributed by atoms with Gasteiger partial charge in [0.1, 0.15) is 0 Å². The number of hydrogen-bond donors (Lipinski definition) is 0. The number of rotatable bonds is 3. The van der Waals surface area contributed by atoms with Crippen molar-refractivity contribution in [1.82, 2.24) is 14.3 Å². The Labute approximate surface area is 93.8 Å². The molecule has 0 N–H and O–H groups in total. The largest absolute Gasteiger partial charge is 0.276 e. The van der Waals surface area contributed by atoms with E-state index in [0.29, 0.717) is 11.9 Å². The fourth-order valence-electron chi connectivity index (χ4n) is 1.91. The summed E-state index contributed by atoms with van der Waals surface area (Å²) in [7, 11) is 0. The standard InChI is InChI=1S/C12H15N3O/c1-4-8-14-12(16)10-6-5-7-13-11(10)15(14)9(2)3/h4-7,9H,1,8H2,2-3H3. The van der Waals surface area contributed by atoms with E-state index < -0.39 is 0 Å². The topological polar surface area (TPSA) is 39.8 Å². The third-order valence-corrected chi connectivity index (χ3v) is 2.52. The zero-order valence-corrected chi connectivity index (χ0v) is 9.55. The van der Waals surface area contributed by atoms with Crippen molar-refractivity contribution < 1.29 is 0 Å². The Balaban J connectivity index is 2.86. The molecule has 2 rings (SSSR count). The van der Waals surface area contributed by atoms with Crippen LogP contribution in [-0.2, 0) is 6.54 Å². The number of nitrogens with zero attached hydrogens (tertiary/aromatic N) is 3. The summed E-state index contributed by atoms with van der Waals surface area (Å²) in [6.07, 6.45) is 3.43. The molecule has 0 saturated carbocycles. The first-order chi connectivity index (χ1) is 7.66. The lowest BCUT2D eigenvalue weighted by Gasteiger charge is -2.13. The molecule has 0 bridgehead atoms. The molecule has 0 aliphatic rings. The zero-order valence-electron chi connectivity index (χ0n) is 9.55. The molecule has 0 amide bonds. The van der Waals surface area contributed by atoms with E-state index in [0.717, 1.165) is 5.65 Å². The minimum absolute atomic E-state index is 0.00306. The maximum Gasteiger partial charge on any atom is 0.276 e. The van der Waals surface area contributed by atoms with Gasteiger partial charge in [-0.2, -0.15) is 0 Å². The van der Waals surface area contributed by atoms with Crippen LogP contribution in [0.2, 0.25) is 0 Å². The molecular formula is C12H15N3O. The summed E-state index contributed by atoms with van der Waals surface area (Å²) in [5.74, 6) is 0. The molecular weight excluding hydrogens is 202 g/mol. The van der Waals surface area contributed by atoms with E-state index in [1.54, 1.807) is 23.0 Å². The summed E-state index contributed by atoms with van der Waals surface area (Å²) in [5, 5.41) is 0.665. The first kappa shape index (κ1) is 10.7. The van der Waals surface area contributed by atoms with E-state index in [2.05, 4.69) is 11.6 Å². The maximum absolute atomic E-state index is 12.1. The van der Waals surface area contributed by atoms with Gasteiger partial charge in [-0.3, -0.25) is 9.48 Å². The number of aromatic nitrogens is 3. The van der Waals surface area contributed by atoms with E-state index in [-0.39, 0.29) is 11.6 Å².